The van der Waals surface area contributed by atoms with Crippen molar-refractivity contribution in [1.29, 1.82) is 0 Å². The van der Waals surface area contributed by atoms with Crippen LogP contribution in [0.25, 0.3) is 0 Å². The van der Waals surface area contributed by atoms with E-state index in [1.807, 2.05) is 6.92 Å². The summed E-state index contributed by atoms with van der Waals surface area (Å²) in [5.41, 5.74) is 12.4. The van der Waals surface area contributed by atoms with Gasteiger partial charge in [0.1, 0.15) is 11.6 Å². The standard InChI is InChI=1S/C11H15FN2O/c1-6(2)3-9(13)8-4-7(12)5-10(14)11(8)15/h4-5,9,15H,1,3,13-14H2,2H3/t9-/m1/s1. The first kappa shape index (κ1) is 11.5. The summed E-state index contributed by atoms with van der Waals surface area (Å²) < 4.78 is 13.0. The summed E-state index contributed by atoms with van der Waals surface area (Å²) in [6.07, 6.45) is 0.483. The largest absolute Gasteiger partial charge is 0.505 e. The number of halogens is 1. The minimum Gasteiger partial charge on any atom is -0.505 e. The Labute approximate surface area is 88.2 Å². The Balaban J connectivity index is 3.07. The molecular weight excluding hydrogens is 195 g/mol. The molecule has 0 saturated carbocycles. The number of phenols is 1. The summed E-state index contributed by atoms with van der Waals surface area (Å²) in [6, 6.07) is 1.77. The predicted molar refractivity (Wildman–Crippen MR) is 58.8 cm³/mol. The fourth-order valence-corrected chi connectivity index (χ4v) is 1.41. The van der Waals surface area contributed by atoms with E-state index in [1.54, 1.807) is 0 Å². The van der Waals surface area contributed by atoms with E-state index in [0.29, 0.717) is 12.0 Å². The average Bonchev–Trinajstić information content (AvgIpc) is 2.09. The molecule has 82 valence electrons. The van der Waals surface area contributed by atoms with Crippen LogP contribution in [0.5, 0.6) is 5.75 Å². The lowest BCUT2D eigenvalue weighted by molar-refractivity contribution is 0.461. The van der Waals surface area contributed by atoms with Gasteiger partial charge in [-0.25, -0.2) is 4.39 Å². The number of nitrogens with two attached hydrogens (primary N) is 2. The fourth-order valence-electron chi connectivity index (χ4n) is 1.41. The highest BCUT2D eigenvalue weighted by Crippen LogP contribution is 2.32. The van der Waals surface area contributed by atoms with Crippen LogP contribution < -0.4 is 11.5 Å². The molecule has 0 aromatic heterocycles. The molecule has 0 spiro atoms. The van der Waals surface area contributed by atoms with E-state index < -0.39 is 11.9 Å². The SMILES string of the molecule is C=C(C)C[C@@H](N)c1cc(F)cc(N)c1O. The molecule has 0 saturated heterocycles. The number of nitrogen functional groups attached to an aromatic ring is 1. The molecule has 0 fully saturated rings. The van der Waals surface area contributed by atoms with Gasteiger partial charge in [-0.15, -0.1) is 6.58 Å². The quantitative estimate of drug-likeness (QED) is 0.406. The van der Waals surface area contributed by atoms with E-state index in [1.165, 1.54) is 6.07 Å². The number of hydrogen-bond donors (Lipinski definition) is 3. The molecule has 0 aliphatic rings. The first-order valence-corrected chi connectivity index (χ1v) is 4.59. The molecule has 15 heavy (non-hydrogen) atoms. The van der Waals surface area contributed by atoms with Crippen molar-refractivity contribution in [2.75, 3.05) is 5.73 Å². The van der Waals surface area contributed by atoms with Crippen LogP contribution in [0.15, 0.2) is 24.3 Å². The average molecular weight is 210 g/mol. The third kappa shape index (κ3) is 2.70. The van der Waals surface area contributed by atoms with Crippen LogP contribution in [0, 0.1) is 5.82 Å². The van der Waals surface area contributed by atoms with Gasteiger partial charge in [0.05, 0.1) is 5.69 Å². The highest BCUT2D eigenvalue weighted by molar-refractivity contribution is 5.57. The summed E-state index contributed by atoms with van der Waals surface area (Å²) in [4.78, 5) is 0. The zero-order chi connectivity index (χ0) is 11.6. The maximum atomic E-state index is 13.0. The van der Waals surface area contributed by atoms with Crippen LogP contribution in [-0.2, 0) is 0 Å². The number of benzene rings is 1. The molecule has 0 aliphatic heterocycles. The lowest BCUT2D eigenvalue weighted by Crippen LogP contribution is -2.11. The van der Waals surface area contributed by atoms with Crippen LogP contribution in [-0.4, -0.2) is 5.11 Å². The Morgan fingerprint density at radius 2 is 2.20 bits per heavy atom. The zero-order valence-corrected chi connectivity index (χ0v) is 8.63. The third-order valence-corrected chi connectivity index (χ3v) is 2.10. The van der Waals surface area contributed by atoms with Crippen LogP contribution in [0.4, 0.5) is 10.1 Å². The van der Waals surface area contributed by atoms with Crippen molar-refractivity contribution in [3.8, 4) is 5.75 Å². The number of aromatic hydroxyl groups is 1. The van der Waals surface area contributed by atoms with E-state index in [-0.39, 0.29) is 11.4 Å². The summed E-state index contributed by atoms with van der Waals surface area (Å²) in [5, 5.41) is 9.60. The van der Waals surface area contributed by atoms with E-state index in [4.69, 9.17) is 11.5 Å². The van der Waals surface area contributed by atoms with Crippen molar-refractivity contribution in [1.82, 2.24) is 0 Å². The number of phenolic OH excluding ortho intramolecular Hbond substituents is 1. The predicted octanol–water partition coefficient (Wildman–Crippen LogP) is 2.08. The van der Waals surface area contributed by atoms with Crippen molar-refractivity contribution < 1.29 is 9.50 Å². The minimum atomic E-state index is -0.502. The summed E-state index contributed by atoms with van der Waals surface area (Å²) in [6.45, 7) is 5.53. The van der Waals surface area contributed by atoms with Gasteiger partial charge in [-0.1, -0.05) is 5.57 Å². The Kier molecular flexibility index (Phi) is 3.31. The molecule has 5 N–H and O–H groups in total. The molecule has 1 rings (SSSR count). The third-order valence-electron chi connectivity index (χ3n) is 2.10. The number of anilines is 1. The topological polar surface area (TPSA) is 72.3 Å². The second-order valence-corrected chi connectivity index (χ2v) is 3.70. The Morgan fingerprint density at radius 1 is 1.60 bits per heavy atom. The van der Waals surface area contributed by atoms with Crippen molar-refractivity contribution in [3.63, 3.8) is 0 Å². The fraction of sp³-hybridized carbons (Fsp3) is 0.273. The van der Waals surface area contributed by atoms with Gasteiger partial charge in [0, 0.05) is 17.7 Å². The van der Waals surface area contributed by atoms with Gasteiger partial charge in [-0.05, 0) is 19.4 Å². The lowest BCUT2D eigenvalue weighted by atomic mass is 9.99. The van der Waals surface area contributed by atoms with Crippen LogP contribution >= 0.6 is 0 Å². The highest BCUT2D eigenvalue weighted by Gasteiger charge is 2.14. The van der Waals surface area contributed by atoms with Crippen LogP contribution in [0.2, 0.25) is 0 Å². The van der Waals surface area contributed by atoms with Crippen LogP contribution in [0.1, 0.15) is 24.9 Å². The monoisotopic (exact) mass is 210 g/mol. The maximum absolute atomic E-state index is 13.0. The molecule has 1 atom stereocenters. The molecule has 0 unspecified atom stereocenters. The van der Waals surface area contributed by atoms with Crippen LogP contribution in [0.3, 0.4) is 0 Å². The number of hydrogen-bond acceptors (Lipinski definition) is 3. The van der Waals surface area contributed by atoms with Gasteiger partial charge >= 0.3 is 0 Å². The molecule has 3 nitrogen and oxygen atoms in total. The molecule has 0 amide bonds. The normalized spacial score (nSPS) is 12.5. The van der Waals surface area contributed by atoms with Crippen molar-refractivity contribution in [2.24, 2.45) is 5.73 Å². The lowest BCUT2D eigenvalue weighted by Gasteiger charge is -2.14. The summed E-state index contributed by atoms with van der Waals surface area (Å²) >= 11 is 0. The minimum absolute atomic E-state index is 0.00200. The molecule has 0 heterocycles. The van der Waals surface area contributed by atoms with Gasteiger partial charge < -0.3 is 16.6 Å². The summed E-state index contributed by atoms with van der Waals surface area (Å²) in [7, 11) is 0. The molecular formula is C11H15FN2O. The Bertz CT molecular complexity index is 390. The number of rotatable bonds is 3. The zero-order valence-electron chi connectivity index (χ0n) is 8.63. The molecule has 0 bridgehead atoms. The van der Waals surface area contributed by atoms with Crippen molar-refractivity contribution >= 4 is 5.69 Å². The Morgan fingerprint density at radius 3 is 2.73 bits per heavy atom. The van der Waals surface area contributed by atoms with Crippen molar-refractivity contribution in [2.45, 2.75) is 19.4 Å². The van der Waals surface area contributed by atoms with Gasteiger partial charge in [-0.3, -0.25) is 0 Å². The second-order valence-electron chi connectivity index (χ2n) is 3.70. The van der Waals surface area contributed by atoms with Gasteiger partial charge in [0.2, 0.25) is 0 Å². The van der Waals surface area contributed by atoms with E-state index in [2.05, 4.69) is 6.58 Å². The molecule has 1 aromatic carbocycles. The molecule has 4 heteroatoms. The molecule has 0 aliphatic carbocycles. The van der Waals surface area contributed by atoms with Gasteiger partial charge in [0.15, 0.2) is 0 Å². The highest BCUT2D eigenvalue weighted by atomic mass is 19.1. The molecule has 1 aromatic rings. The van der Waals surface area contributed by atoms with Crippen molar-refractivity contribution in [3.05, 3.63) is 35.7 Å². The van der Waals surface area contributed by atoms with Gasteiger partial charge in [0.25, 0.3) is 0 Å². The van der Waals surface area contributed by atoms with Gasteiger partial charge in [-0.2, -0.15) is 0 Å². The first-order chi connectivity index (χ1) is 6.91. The molecule has 0 radical (unpaired) electrons. The maximum Gasteiger partial charge on any atom is 0.143 e. The first-order valence-electron chi connectivity index (χ1n) is 4.59. The van der Waals surface area contributed by atoms with E-state index >= 15 is 0 Å². The second kappa shape index (κ2) is 4.31. The smallest absolute Gasteiger partial charge is 0.143 e. The van der Waals surface area contributed by atoms with E-state index in [9.17, 15) is 9.50 Å². The Hall–Kier alpha value is -1.55. The summed E-state index contributed by atoms with van der Waals surface area (Å²) in [5.74, 6) is -0.650. The van der Waals surface area contributed by atoms with E-state index in [0.717, 1.165) is 11.6 Å².